The van der Waals surface area contributed by atoms with Crippen LogP contribution in [-0.2, 0) is 29.3 Å². The molecule has 4 rings (SSSR count). The van der Waals surface area contributed by atoms with Gasteiger partial charge in [0.2, 0.25) is 16.9 Å². The molecule has 0 spiro atoms. The standard InChI is InChI=1S/C34H39N3O8S3/c1-4-6-17-34(5-2)32(40)37(24-15-11-8-12-16-24)25-20-28(46-3)26(21-27(25)47-33(34)41)45-22-29(38)36-30(23-13-9-7-10-14-23)31(39)35-18-19-48(42,43)44/h7-16,20-21,30H,4-6,17-19,22H2,1-3H3,(H,35,39)(H,36,38)(H,42,43,44)/t30-,34?/m1/s1. The quantitative estimate of drug-likeness (QED) is 0.104. The van der Waals surface area contributed by atoms with E-state index in [2.05, 4.69) is 10.6 Å². The number of para-hydroxylation sites is 1. The number of thioether (sulfide) groups is 2. The molecule has 11 nitrogen and oxygen atoms in total. The van der Waals surface area contributed by atoms with Crippen LogP contribution in [0.25, 0.3) is 0 Å². The van der Waals surface area contributed by atoms with Crippen molar-refractivity contribution < 1.29 is 36.9 Å². The summed E-state index contributed by atoms with van der Waals surface area (Å²) in [5.74, 6) is -1.94. The number of hydrogen-bond acceptors (Lipinski definition) is 9. The number of nitrogens with one attached hydrogen (secondary N) is 2. The molecule has 0 aromatic heterocycles. The Labute approximate surface area is 289 Å². The molecule has 1 unspecified atom stereocenters. The van der Waals surface area contributed by atoms with Gasteiger partial charge in [-0.15, -0.1) is 11.8 Å². The zero-order chi connectivity index (χ0) is 34.9. The lowest BCUT2D eigenvalue weighted by molar-refractivity contribution is -0.136. The molecule has 14 heteroatoms. The molecule has 2 atom stereocenters. The molecule has 3 amide bonds. The van der Waals surface area contributed by atoms with Gasteiger partial charge in [0.25, 0.3) is 16.0 Å². The first-order valence-corrected chi connectivity index (χ1v) is 19.1. The van der Waals surface area contributed by atoms with Gasteiger partial charge in [0.05, 0.1) is 16.3 Å². The van der Waals surface area contributed by atoms with Crippen molar-refractivity contribution in [2.45, 2.75) is 55.4 Å². The van der Waals surface area contributed by atoms with Gasteiger partial charge in [-0.2, -0.15) is 8.42 Å². The van der Waals surface area contributed by atoms with Crippen LogP contribution in [0.4, 0.5) is 11.4 Å². The zero-order valence-electron chi connectivity index (χ0n) is 26.9. The first kappa shape index (κ1) is 37.0. The van der Waals surface area contributed by atoms with Gasteiger partial charge in [0.1, 0.15) is 17.2 Å². The van der Waals surface area contributed by atoms with E-state index in [4.69, 9.17) is 9.29 Å². The Balaban J connectivity index is 1.62. The van der Waals surface area contributed by atoms with Crippen LogP contribution in [0.3, 0.4) is 0 Å². The van der Waals surface area contributed by atoms with E-state index in [1.165, 1.54) is 11.8 Å². The highest BCUT2D eigenvalue weighted by Crippen LogP contribution is 2.51. The first-order valence-electron chi connectivity index (χ1n) is 15.5. The van der Waals surface area contributed by atoms with Crippen molar-refractivity contribution in [3.63, 3.8) is 0 Å². The fourth-order valence-corrected chi connectivity index (χ4v) is 7.42. The second-order valence-electron chi connectivity index (χ2n) is 11.2. The predicted molar refractivity (Wildman–Crippen MR) is 187 cm³/mol. The average Bonchev–Trinajstić information content (AvgIpc) is 3.15. The second-order valence-corrected chi connectivity index (χ2v) is 14.6. The third-order valence-corrected chi connectivity index (χ3v) is 10.6. The maximum Gasteiger partial charge on any atom is 0.266 e. The first-order chi connectivity index (χ1) is 22.9. The second kappa shape index (κ2) is 16.5. The maximum atomic E-state index is 14.4. The number of rotatable bonds is 15. The van der Waals surface area contributed by atoms with Gasteiger partial charge < -0.3 is 15.4 Å². The zero-order valence-corrected chi connectivity index (χ0v) is 29.4. The van der Waals surface area contributed by atoms with Gasteiger partial charge in [0, 0.05) is 17.1 Å². The molecular weight excluding hydrogens is 675 g/mol. The number of benzene rings is 3. The van der Waals surface area contributed by atoms with Crippen LogP contribution in [0, 0.1) is 5.41 Å². The number of unbranched alkanes of at least 4 members (excludes halogenated alkanes) is 1. The van der Waals surface area contributed by atoms with Crippen LogP contribution in [-0.4, -0.2) is 61.0 Å². The lowest BCUT2D eigenvalue weighted by Gasteiger charge is -2.33. The Morgan fingerprint density at radius 3 is 2.31 bits per heavy atom. The maximum absolute atomic E-state index is 14.4. The molecular formula is C34H39N3O8S3. The van der Waals surface area contributed by atoms with E-state index in [1.807, 2.05) is 50.4 Å². The number of carbonyl (C=O) groups excluding carboxylic acids is 4. The Bertz CT molecular complexity index is 1740. The summed E-state index contributed by atoms with van der Waals surface area (Å²) in [5, 5.41) is 4.81. The summed E-state index contributed by atoms with van der Waals surface area (Å²) in [4.78, 5) is 57.2. The third-order valence-electron chi connectivity index (χ3n) is 7.99. The SMILES string of the molecule is CCCCC1(CC)C(=O)Sc2cc(OCC(=O)N[C@@H](C(=O)NCCS(=O)(=O)O)c3ccccc3)c(SC)cc2N(c2ccccc2)C1=O. The average molecular weight is 714 g/mol. The molecule has 3 aromatic carbocycles. The Kier molecular flexibility index (Phi) is 12.7. The van der Waals surface area contributed by atoms with Gasteiger partial charge in [-0.3, -0.25) is 28.6 Å². The van der Waals surface area contributed by atoms with E-state index in [-0.39, 0.29) is 17.6 Å². The fourth-order valence-electron chi connectivity index (χ4n) is 5.36. The highest BCUT2D eigenvalue weighted by Gasteiger charge is 2.49. The van der Waals surface area contributed by atoms with Crippen molar-refractivity contribution in [3.05, 3.63) is 78.4 Å². The van der Waals surface area contributed by atoms with E-state index < -0.39 is 45.7 Å². The molecule has 0 saturated heterocycles. The van der Waals surface area contributed by atoms with Crippen LogP contribution in [0.1, 0.15) is 51.1 Å². The number of ether oxygens (including phenoxy) is 1. The molecule has 0 radical (unpaired) electrons. The van der Waals surface area contributed by atoms with Crippen molar-refractivity contribution >= 4 is 67.9 Å². The normalized spacial score (nSPS) is 16.9. The molecule has 0 fully saturated rings. The number of carbonyl (C=O) groups is 4. The predicted octanol–water partition coefficient (Wildman–Crippen LogP) is 5.53. The number of anilines is 2. The van der Waals surface area contributed by atoms with E-state index in [0.29, 0.717) is 51.7 Å². The van der Waals surface area contributed by atoms with Gasteiger partial charge in [-0.25, -0.2) is 0 Å². The molecule has 0 bridgehead atoms. The van der Waals surface area contributed by atoms with Gasteiger partial charge in [-0.1, -0.05) is 75.2 Å². The van der Waals surface area contributed by atoms with Crippen molar-refractivity contribution in [2.75, 3.05) is 30.1 Å². The molecule has 1 aliphatic heterocycles. The van der Waals surface area contributed by atoms with Gasteiger partial charge in [-0.05, 0) is 60.7 Å². The minimum atomic E-state index is -4.29. The lowest BCUT2D eigenvalue weighted by Crippen LogP contribution is -2.44. The van der Waals surface area contributed by atoms with Crippen molar-refractivity contribution in [1.29, 1.82) is 0 Å². The minimum Gasteiger partial charge on any atom is -0.483 e. The smallest absolute Gasteiger partial charge is 0.266 e. The van der Waals surface area contributed by atoms with Crippen LogP contribution in [0.2, 0.25) is 0 Å². The molecule has 3 aromatic rings. The molecule has 0 aliphatic carbocycles. The third kappa shape index (κ3) is 8.78. The summed E-state index contributed by atoms with van der Waals surface area (Å²) in [6, 6.07) is 19.9. The van der Waals surface area contributed by atoms with Crippen LogP contribution >= 0.6 is 23.5 Å². The number of amides is 3. The molecule has 1 heterocycles. The Morgan fingerprint density at radius 2 is 1.71 bits per heavy atom. The highest BCUT2D eigenvalue weighted by atomic mass is 32.2. The number of hydrogen-bond donors (Lipinski definition) is 3. The highest BCUT2D eigenvalue weighted by molar-refractivity contribution is 8.14. The summed E-state index contributed by atoms with van der Waals surface area (Å²) in [6.45, 7) is 3.05. The Hall–Kier alpha value is -3.85. The van der Waals surface area contributed by atoms with Crippen molar-refractivity contribution in [3.8, 4) is 5.75 Å². The molecule has 1 aliphatic rings. The summed E-state index contributed by atoms with van der Waals surface area (Å²) in [6.07, 6.45) is 4.15. The molecule has 256 valence electrons. The molecule has 3 N–H and O–H groups in total. The van der Waals surface area contributed by atoms with E-state index >= 15 is 0 Å². The lowest BCUT2D eigenvalue weighted by atomic mass is 9.79. The molecule has 0 saturated carbocycles. The monoisotopic (exact) mass is 713 g/mol. The largest absolute Gasteiger partial charge is 0.483 e. The summed E-state index contributed by atoms with van der Waals surface area (Å²) < 4.78 is 37.2. The summed E-state index contributed by atoms with van der Waals surface area (Å²) in [5.41, 5.74) is 0.413. The number of fused-ring (bicyclic) bond motifs is 1. The van der Waals surface area contributed by atoms with Crippen LogP contribution in [0.5, 0.6) is 5.75 Å². The van der Waals surface area contributed by atoms with Crippen LogP contribution < -0.4 is 20.3 Å². The molecule has 48 heavy (non-hydrogen) atoms. The van der Waals surface area contributed by atoms with E-state index in [9.17, 15) is 27.6 Å². The van der Waals surface area contributed by atoms with Gasteiger partial charge in [0.15, 0.2) is 6.61 Å². The van der Waals surface area contributed by atoms with Crippen molar-refractivity contribution in [1.82, 2.24) is 10.6 Å². The van der Waals surface area contributed by atoms with Gasteiger partial charge >= 0.3 is 0 Å². The minimum absolute atomic E-state index is 0.241. The topological polar surface area (TPSA) is 159 Å². The summed E-state index contributed by atoms with van der Waals surface area (Å²) in [7, 11) is -4.29. The summed E-state index contributed by atoms with van der Waals surface area (Å²) >= 11 is 2.35. The van der Waals surface area contributed by atoms with Crippen LogP contribution in [0.15, 0.2) is 82.6 Å². The Morgan fingerprint density at radius 1 is 1.04 bits per heavy atom. The van der Waals surface area contributed by atoms with Crippen molar-refractivity contribution in [2.24, 2.45) is 5.41 Å². The number of nitrogens with zero attached hydrogens (tertiary/aromatic N) is 1. The fraction of sp³-hybridized carbons (Fsp3) is 0.353. The van der Waals surface area contributed by atoms with E-state index in [1.54, 1.807) is 47.4 Å². The van der Waals surface area contributed by atoms with E-state index in [0.717, 1.165) is 18.2 Å².